The van der Waals surface area contributed by atoms with Crippen molar-refractivity contribution in [3.05, 3.63) is 12.2 Å². The first-order valence-corrected chi connectivity index (χ1v) is 12.6. The van der Waals surface area contributed by atoms with Gasteiger partial charge in [-0.25, -0.2) is 4.79 Å². The fourth-order valence-electron chi connectivity index (χ4n) is 9.11. The zero-order valence-corrected chi connectivity index (χ0v) is 18.7. The van der Waals surface area contributed by atoms with E-state index >= 15 is 0 Å². The molecule has 8 rings (SSSR count). The summed E-state index contributed by atoms with van der Waals surface area (Å²) in [6.07, 6.45) is 11.5. The molecule has 8 saturated carbocycles. The van der Waals surface area contributed by atoms with Crippen LogP contribution in [-0.4, -0.2) is 30.9 Å². The monoisotopic (exact) mass is 428 g/mol. The molecule has 0 heterocycles. The lowest BCUT2D eigenvalue weighted by molar-refractivity contribution is -0.212. The maximum absolute atomic E-state index is 13.3. The Morgan fingerprint density at radius 3 is 1.97 bits per heavy atom. The summed E-state index contributed by atoms with van der Waals surface area (Å²) in [5.41, 5.74) is 0.0561. The third kappa shape index (κ3) is 3.37. The van der Waals surface area contributed by atoms with Gasteiger partial charge in [0.15, 0.2) is 6.79 Å². The maximum atomic E-state index is 13.3. The lowest BCUT2D eigenvalue weighted by atomic mass is 9.48. The van der Waals surface area contributed by atoms with E-state index in [-0.39, 0.29) is 36.7 Å². The summed E-state index contributed by atoms with van der Waals surface area (Å²) in [4.78, 5) is 25.4. The summed E-state index contributed by atoms with van der Waals surface area (Å²) in [5.74, 6) is 3.93. The summed E-state index contributed by atoms with van der Waals surface area (Å²) < 4.78 is 17.8. The van der Waals surface area contributed by atoms with Gasteiger partial charge < -0.3 is 14.2 Å². The number of rotatable bonds is 6. The molecule has 0 N–H and O–H groups in total. The highest BCUT2D eigenvalue weighted by Crippen LogP contribution is 2.61. The van der Waals surface area contributed by atoms with E-state index in [1.807, 2.05) is 0 Å². The van der Waals surface area contributed by atoms with Crippen molar-refractivity contribution in [2.45, 2.75) is 83.3 Å². The van der Waals surface area contributed by atoms with Crippen LogP contribution in [0.4, 0.5) is 0 Å². The summed E-state index contributed by atoms with van der Waals surface area (Å²) in [7, 11) is 0. The average molecular weight is 429 g/mol. The number of hydrogen-bond acceptors (Lipinski definition) is 5. The second-order valence-corrected chi connectivity index (χ2v) is 12.0. The van der Waals surface area contributed by atoms with Crippen molar-refractivity contribution in [2.75, 3.05) is 6.79 Å². The highest BCUT2D eigenvalue weighted by atomic mass is 16.7. The molecule has 8 aliphatic carbocycles. The smallest absolute Gasteiger partial charge is 0.333 e. The molecule has 8 bridgehead atoms. The zero-order valence-electron chi connectivity index (χ0n) is 18.7. The van der Waals surface area contributed by atoms with Crippen molar-refractivity contribution < 1.29 is 23.8 Å². The Morgan fingerprint density at radius 1 is 0.806 bits per heavy atom. The van der Waals surface area contributed by atoms with E-state index in [0.717, 1.165) is 43.9 Å². The zero-order chi connectivity index (χ0) is 21.3. The summed E-state index contributed by atoms with van der Waals surface area (Å²) >= 11 is 0. The molecule has 8 fully saturated rings. The van der Waals surface area contributed by atoms with Crippen LogP contribution in [0.3, 0.4) is 0 Å². The van der Waals surface area contributed by atoms with E-state index < -0.39 is 5.41 Å². The highest BCUT2D eigenvalue weighted by Gasteiger charge is 2.60. The lowest BCUT2D eigenvalue weighted by Gasteiger charge is -2.57. The van der Waals surface area contributed by atoms with Gasteiger partial charge in [0.2, 0.25) is 0 Å². The van der Waals surface area contributed by atoms with Gasteiger partial charge in [0.05, 0.1) is 11.5 Å². The van der Waals surface area contributed by atoms with Crippen molar-refractivity contribution >= 4 is 11.9 Å². The van der Waals surface area contributed by atoms with E-state index in [1.165, 1.54) is 32.1 Å². The Balaban J connectivity index is 1.06. The summed E-state index contributed by atoms with van der Waals surface area (Å²) in [5, 5.41) is 0. The molecular weight excluding hydrogens is 392 g/mol. The van der Waals surface area contributed by atoms with Gasteiger partial charge >= 0.3 is 11.9 Å². The van der Waals surface area contributed by atoms with Gasteiger partial charge in [-0.15, -0.1) is 0 Å². The van der Waals surface area contributed by atoms with Crippen molar-refractivity contribution in [2.24, 2.45) is 46.8 Å². The lowest BCUT2D eigenvalue weighted by Crippen LogP contribution is -2.57. The molecule has 0 spiro atoms. The van der Waals surface area contributed by atoms with Gasteiger partial charge in [-0.2, -0.15) is 0 Å². The number of esters is 2. The molecule has 5 heteroatoms. The maximum Gasteiger partial charge on any atom is 0.333 e. The first-order chi connectivity index (χ1) is 14.9. The van der Waals surface area contributed by atoms with E-state index in [2.05, 4.69) is 6.58 Å². The predicted molar refractivity (Wildman–Crippen MR) is 114 cm³/mol. The third-order valence-electron chi connectivity index (χ3n) is 9.80. The fourth-order valence-corrected chi connectivity index (χ4v) is 9.11. The predicted octanol–water partition coefficient (Wildman–Crippen LogP) is 4.64. The first-order valence-electron chi connectivity index (χ1n) is 12.6. The fraction of sp³-hybridized carbons (Fsp3) is 0.846. The first kappa shape index (κ1) is 20.3. The molecule has 2 unspecified atom stereocenters. The van der Waals surface area contributed by atoms with Crippen LogP contribution < -0.4 is 0 Å². The minimum Gasteiger partial charge on any atom is -0.458 e. The second kappa shape index (κ2) is 7.33. The Labute approximate surface area is 185 Å². The molecule has 8 aliphatic rings. The molecule has 2 atom stereocenters. The molecule has 0 aromatic rings. The van der Waals surface area contributed by atoms with Crippen LogP contribution in [0, 0.1) is 46.8 Å². The molecular formula is C26H36O5. The van der Waals surface area contributed by atoms with Crippen LogP contribution in [0.1, 0.15) is 71.1 Å². The normalized spacial score (nSPS) is 48.6. The molecule has 0 saturated heterocycles. The van der Waals surface area contributed by atoms with Gasteiger partial charge in [-0.1, -0.05) is 6.58 Å². The van der Waals surface area contributed by atoms with Crippen LogP contribution in [-0.2, 0) is 23.8 Å². The van der Waals surface area contributed by atoms with Crippen LogP contribution >= 0.6 is 0 Å². The Bertz CT molecular complexity index is 743. The van der Waals surface area contributed by atoms with Gasteiger partial charge in [-0.05, 0) is 113 Å². The van der Waals surface area contributed by atoms with Gasteiger partial charge in [0, 0.05) is 5.57 Å². The number of carbonyl (C=O) groups excluding carboxylic acids is 2. The van der Waals surface area contributed by atoms with E-state index in [1.54, 1.807) is 6.92 Å². The van der Waals surface area contributed by atoms with Crippen LogP contribution in [0.25, 0.3) is 0 Å². The quantitative estimate of drug-likeness (QED) is 0.350. The number of carbonyl (C=O) groups is 2. The van der Waals surface area contributed by atoms with E-state index in [4.69, 9.17) is 14.2 Å². The van der Waals surface area contributed by atoms with E-state index in [9.17, 15) is 9.59 Å². The van der Waals surface area contributed by atoms with E-state index in [0.29, 0.717) is 29.4 Å². The molecule has 0 aromatic carbocycles. The molecule has 0 aromatic heterocycles. The van der Waals surface area contributed by atoms with Crippen LogP contribution in [0.15, 0.2) is 12.2 Å². The topological polar surface area (TPSA) is 61.8 Å². The highest BCUT2D eigenvalue weighted by molar-refractivity contribution is 5.87. The standard InChI is InChI=1S/C26H36O5/c1-14(2)24(27)31-23-20-8-17-9-21(23)12-26(10-17,11-20)25(28)30-13-29-22-18-4-15-3-16(6-18)7-19(22)5-15/h15-23H,1,3-13H2,2H3. The van der Waals surface area contributed by atoms with Crippen molar-refractivity contribution in [1.82, 2.24) is 0 Å². The Morgan fingerprint density at radius 2 is 1.39 bits per heavy atom. The summed E-state index contributed by atoms with van der Waals surface area (Å²) in [6.45, 7) is 5.53. The number of hydrogen-bond donors (Lipinski definition) is 0. The molecule has 0 amide bonds. The SMILES string of the molecule is C=C(C)C(=O)OC1C2CC3CC1CC(C(=O)OCOC1C4CC5CC(C4)CC1C5)(C3)C2. The van der Waals surface area contributed by atoms with Crippen LogP contribution in [0.2, 0.25) is 0 Å². The largest absolute Gasteiger partial charge is 0.458 e. The molecule has 0 radical (unpaired) electrons. The molecule has 31 heavy (non-hydrogen) atoms. The summed E-state index contributed by atoms with van der Waals surface area (Å²) in [6, 6.07) is 0. The van der Waals surface area contributed by atoms with Crippen molar-refractivity contribution in [1.29, 1.82) is 0 Å². The minimum absolute atomic E-state index is 0.0639. The van der Waals surface area contributed by atoms with Crippen molar-refractivity contribution in [3.63, 3.8) is 0 Å². The Kier molecular flexibility index (Phi) is 4.79. The van der Waals surface area contributed by atoms with Crippen molar-refractivity contribution in [3.8, 4) is 0 Å². The second-order valence-electron chi connectivity index (χ2n) is 12.0. The molecule has 5 nitrogen and oxygen atoms in total. The molecule has 170 valence electrons. The van der Waals surface area contributed by atoms with Gasteiger partial charge in [0.1, 0.15) is 6.10 Å². The Hall–Kier alpha value is -1.36. The van der Waals surface area contributed by atoms with Gasteiger partial charge in [0.25, 0.3) is 0 Å². The third-order valence-corrected chi connectivity index (χ3v) is 9.80. The average Bonchev–Trinajstić information content (AvgIpc) is 2.71. The number of ether oxygens (including phenoxy) is 3. The van der Waals surface area contributed by atoms with Gasteiger partial charge in [-0.3, -0.25) is 4.79 Å². The van der Waals surface area contributed by atoms with Crippen LogP contribution in [0.5, 0.6) is 0 Å². The molecule has 0 aliphatic heterocycles. The minimum atomic E-state index is -0.393.